The maximum Gasteiger partial charge on any atom is 0.307 e. The van der Waals surface area contributed by atoms with Gasteiger partial charge in [-0.2, -0.15) is 0 Å². The molecule has 84 valence electrons. The molecule has 1 N–H and O–H groups in total. The van der Waals surface area contributed by atoms with Gasteiger partial charge in [-0.1, -0.05) is 59.1 Å². The van der Waals surface area contributed by atoms with Gasteiger partial charge in [0.2, 0.25) is 0 Å². The Kier molecular flexibility index (Phi) is 3.90. The molecule has 0 spiro atoms. The zero-order valence-corrected chi connectivity index (χ0v) is 11.4. The molecule has 0 heterocycles. The van der Waals surface area contributed by atoms with E-state index >= 15 is 0 Å². The fraction of sp³-hybridized carbons (Fsp3) is 0.500. The lowest BCUT2D eigenvalue weighted by Crippen LogP contribution is -2.02. The number of hydrogen-bond acceptors (Lipinski definition) is 1. The van der Waals surface area contributed by atoms with Crippen molar-refractivity contribution in [2.75, 3.05) is 0 Å². The van der Waals surface area contributed by atoms with Crippen molar-refractivity contribution in [2.45, 2.75) is 13.8 Å². The Bertz CT molecular complexity index is 343. The fourth-order valence-electron chi connectivity index (χ4n) is 1.78. The van der Waals surface area contributed by atoms with Gasteiger partial charge in [-0.25, -0.2) is 0 Å². The summed E-state index contributed by atoms with van der Waals surface area (Å²) in [7, 11) is 0. The van der Waals surface area contributed by atoms with Crippen molar-refractivity contribution in [3.63, 3.8) is 0 Å². The van der Waals surface area contributed by atoms with E-state index in [9.17, 15) is 4.79 Å². The minimum absolute atomic E-state index is 0.0216. The highest BCUT2D eigenvalue weighted by atomic mass is 79.9. The zero-order chi connectivity index (χ0) is 11.8. The average molecular weight is 314 g/mol. The molecule has 0 saturated heterocycles. The van der Waals surface area contributed by atoms with E-state index in [0.29, 0.717) is 4.48 Å². The molecule has 0 aromatic carbocycles. The second-order valence-electron chi connectivity index (χ2n) is 4.15. The summed E-state index contributed by atoms with van der Waals surface area (Å²) in [5.41, 5.74) is -0.197. The average Bonchev–Trinajstić information content (AvgIpc) is 2.50. The van der Waals surface area contributed by atoms with Crippen molar-refractivity contribution >= 4 is 45.1 Å². The summed E-state index contributed by atoms with van der Waals surface area (Å²) >= 11 is 14.2. The van der Waals surface area contributed by atoms with E-state index < -0.39 is 5.97 Å². The van der Waals surface area contributed by atoms with Crippen LogP contribution in [0.5, 0.6) is 0 Å². The van der Waals surface area contributed by atoms with E-state index in [2.05, 4.69) is 15.9 Å². The number of halogens is 3. The smallest absolute Gasteiger partial charge is 0.307 e. The Balaban J connectivity index is 2.78. The highest BCUT2D eigenvalue weighted by molar-refractivity contribution is 9.11. The molecule has 1 aliphatic rings. The maximum atomic E-state index is 10.9. The number of allylic oxidation sites excluding steroid dienone is 3. The summed E-state index contributed by atoms with van der Waals surface area (Å²) < 4.78 is 0.854. The molecule has 0 aliphatic heterocycles. The van der Waals surface area contributed by atoms with Gasteiger partial charge in [-0.3, -0.25) is 4.79 Å². The van der Waals surface area contributed by atoms with Gasteiger partial charge in [-0.15, -0.1) is 0 Å². The van der Waals surface area contributed by atoms with Crippen LogP contribution in [0.3, 0.4) is 0 Å². The van der Waals surface area contributed by atoms with E-state index in [1.165, 1.54) is 6.08 Å². The van der Waals surface area contributed by atoms with Crippen molar-refractivity contribution in [3.8, 4) is 0 Å². The molecule has 1 rings (SSSR count). The van der Waals surface area contributed by atoms with Crippen LogP contribution in [-0.2, 0) is 4.79 Å². The van der Waals surface area contributed by atoms with Gasteiger partial charge in [0.1, 0.15) is 4.49 Å². The van der Waals surface area contributed by atoms with Crippen LogP contribution in [0.25, 0.3) is 0 Å². The number of carboxylic acid groups (broad SMARTS) is 1. The first-order valence-electron chi connectivity index (χ1n) is 4.39. The monoisotopic (exact) mass is 312 g/mol. The van der Waals surface area contributed by atoms with E-state index in [1.54, 1.807) is 0 Å². The van der Waals surface area contributed by atoms with Gasteiger partial charge >= 0.3 is 5.97 Å². The summed E-state index contributed by atoms with van der Waals surface area (Å²) in [6, 6.07) is 0. The van der Waals surface area contributed by atoms with Crippen LogP contribution < -0.4 is 0 Å². The number of hydrogen-bond donors (Lipinski definition) is 1. The lowest BCUT2D eigenvalue weighted by atomic mass is 10.1. The Labute approximate surface area is 107 Å². The first-order chi connectivity index (χ1) is 6.76. The van der Waals surface area contributed by atoms with Crippen LogP contribution in [0.4, 0.5) is 0 Å². The topological polar surface area (TPSA) is 37.3 Å². The minimum Gasteiger partial charge on any atom is -0.481 e. The van der Waals surface area contributed by atoms with Crippen LogP contribution in [0.15, 0.2) is 21.1 Å². The van der Waals surface area contributed by atoms with Crippen LogP contribution in [-0.4, -0.2) is 11.1 Å². The second-order valence-corrected chi connectivity index (χ2v) is 6.07. The lowest BCUT2D eigenvalue weighted by Gasteiger charge is -1.97. The Morgan fingerprint density at radius 1 is 1.47 bits per heavy atom. The Hall–Kier alpha value is 0.01000. The quantitative estimate of drug-likeness (QED) is 0.801. The highest BCUT2D eigenvalue weighted by Gasteiger charge is 2.60. The molecule has 15 heavy (non-hydrogen) atoms. The van der Waals surface area contributed by atoms with Crippen molar-refractivity contribution in [2.24, 2.45) is 17.3 Å². The third-order valence-corrected chi connectivity index (χ3v) is 3.47. The SMILES string of the molecule is CC1(C)[C@H](C=C(Br)C=C(Cl)Cl)[C@H]1C(=O)O. The third-order valence-electron chi connectivity index (χ3n) is 2.76. The van der Waals surface area contributed by atoms with Gasteiger partial charge in [0.15, 0.2) is 0 Å². The van der Waals surface area contributed by atoms with Gasteiger partial charge in [0.25, 0.3) is 0 Å². The normalized spacial score (nSPS) is 28.5. The van der Waals surface area contributed by atoms with E-state index in [1.807, 2.05) is 19.9 Å². The zero-order valence-electron chi connectivity index (χ0n) is 8.30. The predicted molar refractivity (Wildman–Crippen MR) is 65.2 cm³/mol. The largest absolute Gasteiger partial charge is 0.481 e. The van der Waals surface area contributed by atoms with Gasteiger partial charge in [0.05, 0.1) is 5.92 Å². The number of rotatable bonds is 3. The maximum absolute atomic E-state index is 10.9. The Morgan fingerprint density at radius 2 is 2.00 bits per heavy atom. The number of aliphatic carboxylic acids is 1. The van der Waals surface area contributed by atoms with Crippen molar-refractivity contribution < 1.29 is 9.90 Å². The summed E-state index contributed by atoms with van der Waals surface area (Å²) in [6.45, 7) is 3.86. The first-order valence-corrected chi connectivity index (χ1v) is 5.94. The Morgan fingerprint density at radius 3 is 2.33 bits per heavy atom. The molecular formula is C10H11BrCl2O2. The molecule has 2 atom stereocenters. The number of carboxylic acids is 1. The van der Waals surface area contributed by atoms with Gasteiger partial charge in [-0.05, 0) is 17.4 Å². The molecule has 0 aromatic heterocycles. The van der Waals surface area contributed by atoms with Gasteiger partial charge in [0, 0.05) is 4.48 Å². The fourth-order valence-corrected chi connectivity index (χ4v) is 2.80. The molecule has 2 nitrogen and oxygen atoms in total. The standard InChI is InChI=1S/C10H11BrCl2O2/c1-10(2)6(8(10)9(14)15)3-5(11)4-7(12)13/h3-4,6,8H,1-2H3,(H,14,15)/t6-,8+/m1/s1. The molecule has 5 heteroatoms. The van der Waals surface area contributed by atoms with E-state index in [0.717, 1.165) is 0 Å². The van der Waals surface area contributed by atoms with Gasteiger partial charge < -0.3 is 5.11 Å². The van der Waals surface area contributed by atoms with Crippen LogP contribution in [0.1, 0.15) is 13.8 Å². The molecule has 1 saturated carbocycles. The molecular weight excluding hydrogens is 303 g/mol. The second kappa shape index (κ2) is 4.48. The van der Waals surface area contributed by atoms with Crippen molar-refractivity contribution in [3.05, 3.63) is 21.1 Å². The van der Waals surface area contributed by atoms with Crippen LogP contribution in [0, 0.1) is 17.3 Å². The summed E-state index contributed by atoms with van der Waals surface area (Å²) in [5, 5.41) is 8.94. The summed E-state index contributed by atoms with van der Waals surface area (Å²) in [6.07, 6.45) is 3.37. The van der Waals surface area contributed by atoms with Crippen LogP contribution in [0.2, 0.25) is 0 Å². The van der Waals surface area contributed by atoms with Crippen molar-refractivity contribution in [1.82, 2.24) is 0 Å². The van der Waals surface area contributed by atoms with Crippen molar-refractivity contribution in [1.29, 1.82) is 0 Å². The molecule has 1 fully saturated rings. The molecule has 0 bridgehead atoms. The molecule has 0 amide bonds. The molecule has 0 unspecified atom stereocenters. The predicted octanol–water partition coefficient (Wildman–Crippen LogP) is 3.94. The number of carbonyl (C=O) groups is 1. The minimum atomic E-state index is -0.762. The van der Waals surface area contributed by atoms with E-state index in [4.69, 9.17) is 28.3 Å². The first kappa shape index (κ1) is 13.1. The summed E-state index contributed by atoms with van der Waals surface area (Å²) in [4.78, 5) is 10.9. The third kappa shape index (κ3) is 2.99. The van der Waals surface area contributed by atoms with E-state index in [-0.39, 0.29) is 21.7 Å². The summed E-state index contributed by atoms with van der Waals surface area (Å²) in [5.74, 6) is -1.07. The lowest BCUT2D eigenvalue weighted by molar-refractivity contribution is -0.139. The van der Waals surface area contributed by atoms with Crippen LogP contribution >= 0.6 is 39.1 Å². The molecule has 1 aliphatic carbocycles. The highest BCUT2D eigenvalue weighted by Crippen LogP contribution is 2.59. The molecule has 0 radical (unpaired) electrons. The molecule has 0 aromatic rings.